The second-order valence-corrected chi connectivity index (χ2v) is 4.57. The minimum absolute atomic E-state index is 0.307. The predicted molar refractivity (Wildman–Crippen MR) is 72.1 cm³/mol. The van der Waals surface area contributed by atoms with Crippen molar-refractivity contribution < 1.29 is 4.74 Å². The zero-order valence-corrected chi connectivity index (χ0v) is 11.0. The van der Waals surface area contributed by atoms with Crippen LogP contribution >= 0.6 is 0 Å². The Hall–Kier alpha value is -1.40. The van der Waals surface area contributed by atoms with Crippen LogP contribution in [0.2, 0.25) is 0 Å². The van der Waals surface area contributed by atoms with Crippen LogP contribution in [-0.2, 0) is 4.74 Å². The highest BCUT2D eigenvalue weighted by molar-refractivity contribution is 5.47. The van der Waals surface area contributed by atoms with E-state index in [2.05, 4.69) is 20.6 Å². The summed E-state index contributed by atoms with van der Waals surface area (Å²) in [6.07, 6.45) is 2.87. The van der Waals surface area contributed by atoms with Gasteiger partial charge in [-0.05, 0) is 6.42 Å². The van der Waals surface area contributed by atoms with Crippen molar-refractivity contribution in [3.8, 4) is 0 Å². The Morgan fingerprint density at radius 3 is 3.11 bits per heavy atom. The maximum Gasteiger partial charge on any atom is 0.133 e. The Morgan fingerprint density at radius 2 is 2.39 bits per heavy atom. The lowest BCUT2D eigenvalue weighted by Gasteiger charge is -2.23. The molecule has 0 amide bonds. The first-order chi connectivity index (χ1) is 8.75. The molecule has 6 nitrogen and oxygen atoms in total. The van der Waals surface area contributed by atoms with E-state index < -0.39 is 0 Å². The molecule has 0 saturated carbocycles. The van der Waals surface area contributed by atoms with Crippen LogP contribution in [-0.4, -0.2) is 56.4 Å². The van der Waals surface area contributed by atoms with Gasteiger partial charge < -0.3 is 20.3 Å². The molecule has 6 heteroatoms. The Kier molecular flexibility index (Phi) is 4.72. The smallest absolute Gasteiger partial charge is 0.133 e. The molecule has 1 fully saturated rings. The van der Waals surface area contributed by atoms with Gasteiger partial charge in [-0.15, -0.1) is 0 Å². The van der Waals surface area contributed by atoms with Crippen LogP contribution < -0.4 is 15.5 Å². The molecule has 2 heterocycles. The lowest BCUT2D eigenvalue weighted by atomic mass is 10.2. The molecule has 1 aliphatic rings. The largest absolute Gasteiger partial charge is 0.376 e. The van der Waals surface area contributed by atoms with Crippen molar-refractivity contribution >= 4 is 11.6 Å². The van der Waals surface area contributed by atoms with E-state index in [1.54, 1.807) is 6.33 Å². The van der Waals surface area contributed by atoms with Crippen molar-refractivity contribution in [1.82, 2.24) is 15.3 Å². The van der Waals surface area contributed by atoms with Gasteiger partial charge in [0.15, 0.2) is 0 Å². The van der Waals surface area contributed by atoms with E-state index >= 15 is 0 Å². The topological polar surface area (TPSA) is 62.3 Å². The number of hydrogen-bond acceptors (Lipinski definition) is 6. The average molecular weight is 251 g/mol. The molecule has 0 aliphatic carbocycles. The van der Waals surface area contributed by atoms with Crippen LogP contribution in [0, 0.1) is 0 Å². The van der Waals surface area contributed by atoms with Gasteiger partial charge in [-0.1, -0.05) is 0 Å². The number of anilines is 2. The van der Waals surface area contributed by atoms with Crippen LogP contribution in [0.1, 0.15) is 6.42 Å². The van der Waals surface area contributed by atoms with E-state index in [9.17, 15) is 0 Å². The summed E-state index contributed by atoms with van der Waals surface area (Å²) in [5.74, 6) is 1.76. The zero-order chi connectivity index (χ0) is 12.8. The normalized spacial score (nSPS) is 19.6. The summed E-state index contributed by atoms with van der Waals surface area (Å²) in [5.41, 5.74) is 0. The number of nitrogens with one attached hydrogen (secondary N) is 2. The molecule has 1 aliphatic heterocycles. The maximum absolute atomic E-state index is 5.63. The molecule has 1 unspecified atom stereocenters. The van der Waals surface area contributed by atoms with E-state index in [1.807, 2.05) is 25.1 Å². The van der Waals surface area contributed by atoms with Gasteiger partial charge in [-0.3, -0.25) is 0 Å². The van der Waals surface area contributed by atoms with Gasteiger partial charge in [0.2, 0.25) is 0 Å². The van der Waals surface area contributed by atoms with Crippen LogP contribution in [0.5, 0.6) is 0 Å². The summed E-state index contributed by atoms with van der Waals surface area (Å²) in [5, 5.41) is 6.62. The molecule has 0 spiro atoms. The van der Waals surface area contributed by atoms with Crippen molar-refractivity contribution in [2.75, 3.05) is 50.6 Å². The first-order valence-corrected chi connectivity index (χ1v) is 6.31. The Bertz CT molecular complexity index is 365. The van der Waals surface area contributed by atoms with Gasteiger partial charge in [-0.25, -0.2) is 9.97 Å². The van der Waals surface area contributed by atoms with Gasteiger partial charge in [0, 0.05) is 39.8 Å². The lowest BCUT2D eigenvalue weighted by Crippen LogP contribution is -2.39. The summed E-state index contributed by atoms with van der Waals surface area (Å²) in [7, 11) is 3.93. The van der Waals surface area contributed by atoms with Crippen LogP contribution in [0.3, 0.4) is 0 Å². The molecule has 0 radical (unpaired) electrons. The van der Waals surface area contributed by atoms with E-state index in [0.717, 1.165) is 44.3 Å². The van der Waals surface area contributed by atoms with Crippen LogP contribution in [0.15, 0.2) is 12.4 Å². The molecular formula is C12H21N5O. The monoisotopic (exact) mass is 251 g/mol. The highest BCUT2D eigenvalue weighted by Gasteiger charge is 2.12. The number of aromatic nitrogens is 2. The summed E-state index contributed by atoms with van der Waals surface area (Å²) in [6, 6.07) is 1.94. The Labute approximate surface area is 108 Å². The van der Waals surface area contributed by atoms with Crippen LogP contribution in [0.25, 0.3) is 0 Å². The van der Waals surface area contributed by atoms with Crippen molar-refractivity contribution in [2.45, 2.75) is 12.5 Å². The second kappa shape index (κ2) is 6.51. The van der Waals surface area contributed by atoms with E-state index in [1.165, 1.54) is 0 Å². The Balaban J connectivity index is 1.77. The SMILES string of the molecule is CN(C)c1cc(NCCC2CNCCO2)ncn1. The van der Waals surface area contributed by atoms with Gasteiger partial charge in [0.25, 0.3) is 0 Å². The van der Waals surface area contributed by atoms with Crippen molar-refractivity contribution in [3.05, 3.63) is 12.4 Å². The molecule has 100 valence electrons. The molecule has 2 N–H and O–H groups in total. The third-order valence-electron chi connectivity index (χ3n) is 2.89. The van der Waals surface area contributed by atoms with Crippen molar-refractivity contribution in [2.24, 2.45) is 0 Å². The standard InChI is InChI=1S/C12H21N5O/c1-17(2)12-7-11(15-9-16-12)14-4-3-10-8-13-5-6-18-10/h7,9-10,13H,3-6,8H2,1-2H3,(H,14,15,16). The summed E-state index contributed by atoms with van der Waals surface area (Å²) in [4.78, 5) is 10.3. The maximum atomic E-state index is 5.63. The van der Waals surface area contributed by atoms with Crippen molar-refractivity contribution in [3.63, 3.8) is 0 Å². The molecular weight excluding hydrogens is 230 g/mol. The first kappa shape index (κ1) is 13.0. The van der Waals surface area contributed by atoms with Gasteiger partial charge >= 0.3 is 0 Å². The quantitative estimate of drug-likeness (QED) is 0.786. The molecule has 2 rings (SSSR count). The highest BCUT2D eigenvalue weighted by Crippen LogP contribution is 2.11. The van der Waals surface area contributed by atoms with E-state index in [4.69, 9.17) is 4.74 Å². The number of nitrogens with zero attached hydrogens (tertiary/aromatic N) is 3. The molecule has 1 saturated heterocycles. The van der Waals surface area contributed by atoms with E-state index in [-0.39, 0.29) is 0 Å². The minimum atomic E-state index is 0.307. The summed E-state index contributed by atoms with van der Waals surface area (Å²) < 4.78 is 5.63. The second-order valence-electron chi connectivity index (χ2n) is 4.57. The summed E-state index contributed by atoms with van der Waals surface area (Å²) in [6.45, 7) is 3.57. The van der Waals surface area contributed by atoms with Gasteiger partial charge in [0.1, 0.15) is 18.0 Å². The highest BCUT2D eigenvalue weighted by atomic mass is 16.5. The number of ether oxygens (including phenoxy) is 1. The zero-order valence-electron chi connectivity index (χ0n) is 11.0. The molecule has 1 aromatic heterocycles. The number of morpholine rings is 1. The lowest BCUT2D eigenvalue weighted by molar-refractivity contribution is 0.0258. The van der Waals surface area contributed by atoms with E-state index in [0.29, 0.717) is 6.10 Å². The Morgan fingerprint density at radius 1 is 1.50 bits per heavy atom. The van der Waals surface area contributed by atoms with Gasteiger partial charge in [0.05, 0.1) is 12.7 Å². The minimum Gasteiger partial charge on any atom is -0.376 e. The molecule has 18 heavy (non-hydrogen) atoms. The molecule has 1 atom stereocenters. The first-order valence-electron chi connectivity index (χ1n) is 6.31. The van der Waals surface area contributed by atoms with Gasteiger partial charge in [-0.2, -0.15) is 0 Å². The summed E-state index contributed by atoms with van der Waals surface area (Å²) >= 11 is 0. The number of hydrogen-bond donors (Lipinski definition) is 2. The number of rotatable bonds is 5. The average Bonchev–Trinajstić information content (AvgIpc) is 2.40. The molecule has 0 bridgehead atoms. The molecule has 1 aromatic rings. The third kappa shape index (κ3) is 3.82. The fourth-order valence-corrected chi connectivity index (χ4v) is 1.85. The third-order valence-corrected chi connectivity index (χ3v) is 2.89. The predicted octanol–water partition coefficient (Wildman–Crippen LogP) is 0.333. The molecule has 0 aromatic carbocycles. The fraction of sp³-hybridized carbons (Fsp3) is 0.667. The fourth-order valence-electron chi connectivity index (χ4n) is 1.85. The van der Waals surface area contributed by atoms with Crippen molar-refractivity contribution in [1.29, 1.82) is 0 Å². The van der Waals surface area contributed by atoms with Crippen LogP contribution in [0.4, 0.5) is 11.6 Å².